The second-order valence-corrected chi connectivity index (χ2v) is 14.2. The molecule has 2 aliphatic carbocycles. The highest BCUT2D eigenvalue weighted by Gasteiger charge is 2.38. The maximum absolute atomic E-state index is 14.2. The van der Waals surface area contributed by atoms with Crippen molar-refractivity contribution in [3.8, 4) is 11.8 Å². The summed E-state index contributed by atoms with van der Waals surface area (Å²) >= 11 is 1.15. The van der Waals surface area contributed by atoms with E-state index in [0.29, 0.717) is 55.4 Å². The molecule has 4 rings (SSSR count). The van der Waals surface area contributed by atoms with E-state index < -0.39 is 12.1 Å². The second kappa shape index (κ2) is 14.2. The molecule has 2 saturated carbocycles. The zero-order valence-electron chi connectivity index (χ0n) is 25.7. The van der Waals surface area contributed by atoms with Crippen LogP contribution in [0.1, 0.15) is 106 Å². The van der Waals surface area contributed by atoms with Crippen molar-refractivity contribution in [2.45, 2.75) is 110 Å². The minimum atomic E-state index is -1.03. The topological polar surface area (TPSA) is 108 Å². The van der Waals surface area contributed by atoms with Gasteiger partial charge in [-0.05, 0) is 84.1 Å². The third-order valence-corrected chi connectivity index (χ3v) is 9.50. The molecule has 1 aliphatic heterocycles. The zero-order chi connectivity index (χ0) is 30.4. The van der Waals surface area contributed by atoms with Gasteiger partial charge >= 0.3 is 12.1 Å². The molecule has 0 atom stereocenters. The molecular formula is C32H47N3O6S. The largest absolute Gasteiger partial charge is 0.477 e. The molecular weight excluding hydrogens is 554 g/mol. The van der Waals surface area contributed by atoms with E-state index in [9.17, 15) is 19.5 Å². The van der Waals surface area contributed by atoms with Gasteiger partial charge in [-0.25, -0.2) is 20.0 Å². The average Bonchev–Trinajstić information content (AvgIpc) is 3.38. The van der Waals surface area contributed by atoms with Gasteiger partial charge in [-0.3, -0.25) is 4.79 Å². The lowest BCUT2D eigenvalue weighted by Gasteiger charge is -2.40. The molecule has 2 amide bonds. The van der Waals surface area contributed by atoms with Crippen LogP contribution in [0.3, 0.4) is 0 Å². The van der Waals surface area contributed by atoms with Gasteiger partial charge in [0.15, 0.2) is 0 Å². The van der Waals surface area contributed by atoms with Crippen molar-refractivity contribution in [1.82, 2.24) is 10.4 Å². The Balaban J connectivity index is 1.49. The highest BCUT2D eigenvalue weighted by Crippen LogP contribution is 2.39. The van der Waals surface area contributed by atoms with Gasteiger partial charge in [0.05, 0.1) is 23.8 Å². The van der Waals surface area contributed by atoms with Crippen LogP contribution in [-0.4, -0.2) is 66.5 Å². The number of amides is 2. The average molecular weight is 602 g/mol. The van der Waals surface area contributed by atoms with Gasteiger partial charge in [0.2, 0.25) is 5.91 Å². The molecule has 0 spiro atoms. The molecule has 2 N–H and O–H groups in total. The van der Waals surface area contributed by atoms with Crippen molar-refractivity contribution in [3.05, 3.63) is 15.8 Å². The number of carboxylic acids is 1. The normalized spacial score (nSPS) is 25.2. The minimum absolute atomic E-state index is 0.0334. The van der Waals surface area contributed by atoms with Crippen LogP contribution in [0.5, 0.6) is 0 Å². The fourth-order valence-corrected chi connectivity index (χ4v) is 6.87. The Hall–Kier alpha value is -2.61. The predicted molar refractivity (Wildman–Crippen MR) is 163 cm³/mol. The number of anilines is 1. The van der Waals surface area contributed by atoms with Crippen molar-refractivity contribution in [2.24, 2.45) is 17.3 Å². The lowest BCUT2D eigenvalue weighted by atomic mass is 9.81. The van der Waals surface area contributed by atoms with Gasteiger partial charge in [-0.2, -0.15) is 0 Å². The van der Waals surface area contributed by atoms with Gasteiger partial charge in [0.25, 0.3) is 0 Å². The SMILES string of the molecule is CC1CCC(C(=O)N(c2cc(C#CC(C)(C)C)sc2C(=O)O)[C@H]2CC[C@H](NN(C)C(=O)OC3CCOCC3)CC2)CC1. The van der Waals surface area contributed by atoms with Crippen LogP contribution in [-0.2, 0) is 14.3 Å². The third-order valence-electron chi connectivity index (χ3n) is 8.48. The van der Waals surface area contributed by atoms with Crippen LogP contribution in [0.2, 0.25) is 0 Å². The first kappa shape index (κ1) is 32.3. The third kappa shape index (κ3) is 8.71. The molecule has 232 valence electrons. The fourth-order valence-electron chi connectivity index (χ4n) is 6.03. The number of carbonyl (C=O) groups is 3. The van der Waals surface area contributed by atoms with Crippen LogP contribution >= 0.6 is 11.3 Å². The summed E-state index contributed by atoms with van der Waals surface area (Å²) in [6.45, 7) is 9.48. The highest BCUT2D eigenvalue weighted by atomic mass is 32.1. The van der Waals surface area contributed by atoms with E-state index in [1.807, 2.05) is 25.7 Å². The van der Waals surface area contributed by atoms with Crippen molar-refractivity contribution < 1.29 is 29.0 Å². The molecule has 0 unspecified atom stereocenters. The standard InChI is InChI=1S/C32H47N3O6S/c1-21-6-8-22(9-7-21)29(36)35(27-20-26(14-17-32(2,3)4)42-28(27)30(37)38)24-12-10-23(11-13-24)33-34(5)31(39)41-25-15-18-40-19-16-25/h20-25,33H,6-13,15-16,18-19H2,1-5H3,(H,37,38)/t21?,22?,23-,24-. The summed E-state index contributed by atoms with van der Waals surface area (Å²) in [4.78, 5) is 41.8. The monoisotopic (exact) mass is 601 g/mol. The first-order valence-electron chi connectivity index (χ1n) is 15.4. The Morgan fingerprint density at radius 1 is 1.02 bits per heavy atom. The van der Waals surface area contributed by atoms with Gasteiger partial charge in [0, 0.05) is 43.3 Å². The molecule has 0 aromatic carbocycles. The molecule has 42 heavy (non-hydrogen) atoms. The van der Waals surface area contributed by atoms with Gasteiger partial charge < -0.3 is 19.5 Å². The van der Waals surface area contributed by atoms with Crippen LogP contribution in [0, 0.1) is 29.1 Å². The lowest BCUT2D eigenvalue weighted by Crippen LogP contribution is -2.51. The highest BCUT2D eigenvalue weighted by molar-refractivity contribution is 7.15. The number of carboxylic acid groups (broad SMARTS) is 1. The van der Waals surface area contributed by atoms with E-state index in [0.717, 1.165) is 49.9 Å². The smallest absolute Gasteiger partial charge is 0.424 e. The summed E-state index contributed by atoms with van der Waals surface area (Å²) in [6, 6.07) is 1.74. The molecule has 9 nitrogen and oxygen atoms in total. The van der Waals surface area contributed by atoms with Gasteiger partial charge in [-0.15, -0.1) is 11.3 Å². The number of rotatable bonds is 7. The molecule has 2 heterocycles. The summed E-state index contributed by atoms with van der Waals surface area (Å²) in [6.07, 6.45) is 7.46. The number of carbonyl (C=O) groups excluding carboxylic acids is 2. The van der Waals surface area contributed by atoms with Crippen LogP contribution in [0.25, 0.3) is 0 Å². The molecule has 0 bridgehead atoms. The number of nitrogens with zero attached hydrogens (tertiary/aromatic N) is 2. The van der Waals surface area contributed by atoms with Crippen LogP contribution < -0.4 is 10.3 Å². The van der Waals surface area contributed by atoms with Crippen LogP contribution in [0.15, 0.2) is 6.07 Å². The summed E-state index contributed by atoms with van der Waals surface area (Å²) in [5, 5.41) is 11.6. The van der Waals surface area contributed by atoms with Crippen molar-refractivity contribution >= 4 is 35.0 Å². The number of ether oxygens (including phenoxy) is 2. The zero-order valence-corrected chi connectivity index (χ0v) is 26.6. The molecule has 1 saturated heterocycles. The Bertz CT molecular complexity index is 1160. The second-order valence-electron chi connectivity index (χ2n) is 13.2. The lowest BCUT2D eigenvalue weighted by molar-refractivity contribution is -0.124. The van der Waals surface area contributed by atoms with Crippen molar-refractivity contribution in [3.63, 3.8) is 0 Å². The summed E-state index contributed by atoms with van der Waals surface area (Å²) in [7, 11) is 1.68. The van der Waals surface area contributed by atoms with E-state index in [1.165, 1.54) is 5.01 Å². The van der Waals surface area contributed by atoms with Crippen molar-refractivity contribution in [1.29, 1.82) is 0 Å². The van der Waals surface area contributed by atoms with Gasteiger partial charge in [-0.1, -0.05) is 18.8 Å². The number of hydrogen-bond acceptors (Lipinski definition) is 7. The number of hydrazine groups is 1. The Labute approximate surface area is 254 Å². The van der Waals surface area contributed by atoms with E-state index in [-0.39, 0.29) is 40.3 Å². The van der Waals surface area contributed by atoms with Crippen LogP contribution in [0.4, 0.5) is 10.5 Å². The Morgan fingerprint density at radius 2 is 1.67 bits per heavy atom. The van der Waals surface area contributed by atoms with E-state index in [2.05, 4.69) is 24.2 Å². The van der Waals surface area contributed by atoms with E-state index >= 15 is 0 Å². The molecule has 3 fully saturated rings. The molecule has 10 heteroatoms. The maximum atomic E-state index is 14.2. The Morgan fingerprint density at radius 3 is 2.26 bits per heavy atom. The minimum Gasteiger partial charge on any atom is -0.477 e. The van der Waals surface area contributed by atoms with E-state index in [4.69, 9.17) is 9.47 Å². The molecule has 1 aromatic rings. The number of aromatic carboxylic acids is 1. The maximum Gasteiger partial charge on any atom is 0.424 e. The predicted octanol–water partition coefficient (Wildman–Crippen LogP) is 6.07. The van der Waals surface area contributed by atoms with Gasteiger partial charge in [0.1, 0.15) is 11.0 Å². The molecule has 0 radical (unpaired) electrons. The molecule has 3 aliphatic rings. The van der Waals surface area contributed by atoms with Crippen molar-refractivity contribution in [2.75, 3.05) is 25.2 Å². The first-order chi connectivity index (χ1) is 19.9. The summed E-state index contributed by atoms with van der Waals surface area (Å²) < 4.78 is 11.0. The molecule has 1 aromatic heterocycles. The number of thiophene rings is 1. The fraction of sp³-hybridized carbons (Fsp3) is 0.719. The number of nitrogens with one attached hydrogen (secondary N) is 1. The van der Waals surface area contributed by atoms with E-state index in [1.54, 1.807) is 13.1 Å². The quantitative estimate of drug-likeness (QED) is 0.289. The number of hydrogen-bond donors (Lipinski definition) is 2. The first-order valence-corrected chi connectivity index (χ1v) is 16.2. The summed E-state index contributed by atoms with van der Waals surface area (Å²) in [5.41, 5.74) is 3.53. The Kier molecular flexibility index (Phi) is 11.0. The summed E-state index contributed by atoms with van der Waals surface area (Å²) in [5.74, 6) is 5.85.